The molecule has 0 saturated carbocycles. The van der Waals surface area contributed by atoms with Crippen molar-refractivity contribution in [1.29, 1.82) is 0 Å². The van der Waals surface area contributed by atoms with E-state index in [1.54, 1.807) is 24.5 Å². The molecule has 15 heavy (non-hydrogen) atoms. The lowest BCUT2D eigenvalue weighted by molar-refractivity contribution is 0.100. The molecule has 0 aliphatic heterocycles. The molecule has 0 radical (unpaired) electrons. The molecule has 2 rings (SSSR count). The molecule has 5 nitrogen and oxygen atoms in total. The fourth-order valence-corrected chi connectivity index (χ4v) is 1.12. The maximum Gasteiger partial charge on any atom is 0.290 e. The van der Waals surface area contributed by atoms with Gasteiger partial charge in [-0.3, -0.25) is 14.9 Å². The maximum absolute atomic E-state index is 11.5. The van der Waals surface area contributed by atoms with E-state index >= 15 is 0 Å². The van der Waals surface area contributed by atoms with E-state index < -0.39 is 0 Å². The normalized spacial score (nSPS) is 9.93. The summed E-state index contributed by atoms with van der Waals surface area (Å²) >= 11 is 5.55. The van der Waals surface area contributed by atoms with Crippen molar-refractivity contribution in [1.82, 2.24) is 14.9 Å². The van der Waals surface area contributed by atoms with Gasteiger partial charge in [0.25, 0.3) is 5.91 Å². The maximum atomic E-state index is 11.5. The third kappa shape index (κ3) is 2.32. The van der Waals surface area contributed by atoms with Crippen LogP contribution in [0.1, 0.15) is 10.5 Å². The lowest BCUT2D eigenvalue weighted by atomic mass is 10.4. The Morgan fingerprint density at radius 2 is 2.00 bits per heavy atom. The van der Waals surface area contributed by atoms with Crippen LogP contribution >= 0.6 is 11.6 Å². The largest absolute Gasteiger partial charge is 0.290 e. The Morgan fingerprint density at radius 1 is 1.27 bits per heavy atom. The molecule has 0 saturated heterocycles. The second-order valence-corrected chi connectivity index (χ2v) is 3.16. The van der Waals surface area contributed by atoms with Gasteiger partial charge >= 0.3 is 0 Å². The number of rotatable bonds is 2. The predicted molar refractivity (Wildman–Crippen MR) is 55.2 cm³/mol. The summed E-state index contributed by atoms with van der Waals surface area (Å²) in [6, 6.07) is 6.62. The van der Waals surface area contributed by atoms with Crippen LogP contribution in [0, 0.1) is 0 Å². The minimum absolute atomic E-state index is 0.216. The van der Waals surface area contributed by atoms with Crippen molar-refractivity contribution in [3.05, 3.63) is 47.5 Å². The standard InChI is InChI=1S/C9H7ClN4O/c10-8-4-3-7(11-12-8)9(15)13-14-5-1-2-6-14/h1-6H,(H,13,15). The minimum Gasteiger partial charge on any atom is -0.268 e. The predicted octanol–water partition coefficient (Wildman–Crippen LogP) is 1.32. The number of nitrogens with zero attached hydrogens (tertiary/aromatic N) is 3. The summed E-state index contributed by atoms with van der Waals surface area (Å²) in [5.41, 5.74) is 2.81. The number of carbonyl (C=O) groups is 1. The summed E-state index contributed by atoms with van der Waals surface area (Å²) in [6.07, 6.45) is 3.42. The highest BCUT2D eigenvalue weighted by Crippen LogP contribution is 2.02. The zero-order valence-electron chi connectivity index (χ0n) is 7.59. The van der Waals surface area contributed by atoms with Gasteiger partial charge in [-0.2, -0.15) is 0 Å². The Hall–Kier alpha value is -1.88. The number of hydrogen-bond acceptors (Lipinski definition) is 3. The van der Waals surface area contributed by atoms with Crippen LogP contribution in [0.4, 0.5) is 0 Å². The summed E-state index contributed by atoms with van der Waals surface area (Å²) in [7, 11) is 0. The van der Waals surface area contributed by atoms with Gasteiger partial charge in [-0.15, -0.1) is 10.2 Å². The molecule has 2 heterocycles. The van der Waals surface area contributed by atoms with Gasteiger partial charge in [-0.1, -0.05) is 11.6 Å². The molecule has 0 unspecified atom stereocenters. The van der Waals surface area contributed by atoms with Crippen LogP contribution in [0.3, 0.4) is 0 Å². The molecular weight excluding hydrogens is 216 g/mol. The Balaban J connectivity index is 2.11. The molecule has 0 bridgehead atoms. The molecule has 0 aliphatic carbocycles. The molecule has 1 amide bonds. The lowest BCUT2D eigenvalue weighted by Gasteiger charge is -2.04. The monoisotopic (exact) mass is 222 g/mol. The number of hydrogen-bond donors (Lipinski definition) is 1. The smallest absolute Gasteiger partial charge is 0.268 e. The average molecular weight is 223 g/mol. The summed E-state index contributed by atoms with van der Waals surface area (Å²) in [5, 5.41) is 7.48. The molecule has 1 N–H and O–H groups in total. The second-order valence-electron chi connectivity index (χ2n) is 2.77. The van der Waals surface area contributed by atoms with Crippen LogP contribution in [0.5, 0.6) is 0 Å². The Morgan fingerprint density at radius 3 is 2.60 bits per heavy atom. The number of halogens is 1. The number of aromatic nitrogens is 3. The van der Waals surface area contributed by atoms with Crippen LogP contribution in [0.25, 0.3) is 0 Å². The zero-order valence-corrected chi connectivity index (χ0v) is 8.35. The quantitative estimate of drug-likeness (QED) is 0.834. The molecule has 2 aromatic heterocycles. The third-order valence-corrected chi connectivity index (χ3v) is 1.90. The highest BCUT2D eigenvalue weighted by molar-refractivity contribution is 6.29. The Kier molecular flexibility index (Phi) is 2.64. The van der Waals surface area contributed by atoms with E-state index in [0.717, 1.165) is 0 Å². The van der Waals surface area contributed by atoms with Crippen LogP contribution in [-0.2, 0) is 0 Å². The highest BCUT2D eigenvalue weighted by Gasteiger charge is 2.07. The molecule has 6 heteroatoms. The number of carbonyl (C=O) groups excluding carboxylic acids is 1. The van der Waals surface area contributed by atoms with Gasteiger partial charge < -0.3 is 0 Å². The molecule has 76 valence electrons. The van der Waals surface area contributed by atoms with Gasteiger partial charge in [0.2, 0.25) is 0 Å². The van der Waals surface area contributed by atoms with Crippen molar-refractivity contribution in [3.63, 3.8) is 0 Å². The first-order chi connectivity index (χ1) is 7.25. The first-order valence-electron chi connectivity index (χ1n) is 4.19. The van der Waals surface area contributed by atoms with Gasteiger partial charge in [-0.25, -0.2) is 0 Å². The first-order valence-corrected chi connectivity index (χ1v) is 4.57. The SMILES string of the molecule is O=C(Nn1cccc1)c1ccc(Cl)nn1. The molecule has 0 fully saturated rings. The summed E-state index contributed by atoms with van der Waals surface area (Å²) in [5.74, 6) is -0.338. The lowest BCUT2D eigenvalue weighted by Crippen LogP contribution is -2.22. The van der Waals surface area contributed by atoms with E-state index in [1.165, 1.54) is 16.8 Å². The van der Waals surface area contributed by atoms with E-state index in [4.69, 9.17) is 11.6 Å². The third-order valence-electron chi connectivity index (χ3n) is 1.70. The minimum atomic E-state index is -0.338. The van der Waals surface area contributed by atoms with Gasteiger partial charge in [0, 0.05) is 12.4 Å². The molecule has 0 aliphatic rings. The van der Waals surface area contributed by atoms with Crippen LogP contribution in [-0.4, -0.2) is 20.8 Å². The van der Waals surface area contributed by atoms with Crippen molar-refractivity contribution >= 4 is 17.5 Å². The second kappa shape index (κ2) is 4.10. The van der Waals surface area contributed by atoms with Crippen LogP contribution < -0.4 is 5.43 Å². The Bertz CT molecular complexity index is 451. The fraction of sp³-hybridized carbons (Fsp3) is 0. The van der Waals surface area contributed by atoms with Crippen molar-refractivity contribution in [2.75, 3.05) is 5.43 Å². The summed E-state index contributed by atoms with van der Waals surface area (Å²) in [4.78, 5) is 11.5. The first kappa shape index (κ1) is 9.67. The number of amides is 1. The topological polar surface area (TPSA) is 59.8 Å². The zero-order chi connectivity index (χ0) is 10.7. The highest BCUT2D eigenvalue weighted by atomic mass is 35.5. The van der Waals surface area contributed by atoms with Crippen molar-refractivity contribution in [2.24, 2.45) is 0 Å². The van der Waals surface area contributed by atoms with Gasteiger partial charge in [-0.05, 0) is 24.3 Å². The number of nitrogens with one attached hydrogen (secondary N) is 1. The van der Waals surface area contributed by atoms with E-state index in [0.29, 0.717) is 0 Å². The molecule has 0 spiro atoms. The summed E-state index contributed by atoms with van der Waals surface area (Å²) < 4.78 is 1.53. The van der Waals surface area contributed by atoms with Gasteiger partial charge in [0.05, 0.1) is 0 Å². The van der Waals surface area contributed by atoms with Gasteiger partial charge in [0.15, 0.2) is 10.8 Å². The molecular formula is C9H7ClN4O. The van der Waals surface area contributed by atoms with Crippen molar-refractivity contribution < 1.29 is 4.79 Å². The fourth-order valence-electron chi connectivity index (χ4n) is 1.02. The Labute approximate surface area is 90.7 Å². The van der Waals surface area contributed by atoms with E-state index in [-0.39, 0.29) is 16.8 Å². The molecule has 2 aromatic rings. The van der Waals surface area contributed by atoms with Crippen LogP contribution in [0.15, 0.2) is 36.7 Å². The van der Waals surface area contributed by atoms with Crippen molar-refractivity contribution in [2.45, 2.75) is 0 Å². The van der Waals surface area contributed by atoms with Gasteiger partial charge in [0.1, 0.15) is 0 Å². The molecule has 0 aromatic carbocycles. The van der Waals surface area contributed by atoms with Crippen molar-refractivity contribution in [3.8, 4) is 0 Å². The average Bonchev–Trinajstić information content (AvgIpc) is 2.71. The molecule has 0 atom stereocenters. The van der Waals surface area contributed by atoms with E-state index in [1.807, 2.05) is 0 Å². The van der Waals surface area contributed by atoms with Crippen LogP contribution in [0.2, 0.25) is 5.15 Å². The van der Waals surface area contributed by atoms with E-state index in [2.05, 4.69) is 15.6 Å². The summed E-state index contributed by atoms with van der Waals surface area (Å²) in [6.45, 7) is 0. The van der Waals surface area contributed by atoms with E-state index in [9.17, 15) is 4.79 Å².